The molecule has 0 aliphatic heterocycles. The van der Waals surface area contributed by atoms with Crippen molar-refractivity contribution < 1.29 is 4.74 Å². The van der Waals surface area contributed by atoms with Crippen LogP contribution in [0.3, 0.4) is 0 Å². The Balaban J connectivity index is 2.19. The molecule has 18 heavy (non-hydrogen) atoms. The molecule has 1 heterocycles. The molecule has 0 saturated heterocycles. The topological polar surface area (TPSA) is 48.1 Å². The van der Waals surface area contributed by atoms with Crippen molar-refractivity contribution >= 4 is 5.69 Å². The van der Waals surface area contributed by atoms with Crippen LogP contribution in [0, 0.1) is 0 Å². The first-order valence-electron chi connectivity index (χ1n) is 5.96. The summed E-state index contributed by atoms with van der Waals surface area (Å²) >= 11 is 0. The predicted molar refractivity (Wildman–Crippen MR) is 73.9 cm³/mol. The van der Waals surface area contributed by atoms with Crippen molar-refractivity contribution in [3.05, 3.63) is 48.2 Å². The Kier molecular flexibility index (Phi) is 3.24. The zero-order valence-corrected chi connectivity index (χ0v) is 11.0. The molecule has 2 rings (SSSR count). The third-order valence-electron chi connectivity index (χ3n) is 2.74. The van der Waals surface area contributed by atoms with Gasteiger partial charge in [0.25, 0.3) is 0 Å². The molecule has 0 aliphatic carbocycles. The average molecular weight is 242 g/mol. The number of para-hydroxylation sites is 2. The van der Waals surface area contributed by atoms with Crippen LogP contribution in [0.2, 0.25) is 0 Å². The quantitative estimate of drug-likeness (QED) is 0.816. The molecule has 0 atom stereocenters. The van der Waals surface area contributed by atoms with Gasteiger partial charge in [-0.3, -0.25) is 0 Å². The molecule has 0 spiro atoms. The Hall–Kier alpha value is -2.03. The van der Waals surface area contributed by atoms with E-state index >= 15 is 0 Å². The van der Waals surface area contributed by atoms with Gasteiger partial charge >= 0.3 is 0 Å². The van der Waals surface area contributed by atoms with Crippen LogP contribution in [0.25, 0.3) is 0 Å². The van der Waals surface area contributed by atoms with Gasteiger partial charge in [0, 0.05) is 12.3 Å². The summed E-state index contributed by atoms with van der Waals surface area (Å²) < 4.78 is 5.64. The van der Waals surface area contributed by atoms with Crippen molar-refractivity contribution in [1.29, 1.82) is 0 Å². The fourth-order valence-electron chi connectivity index (χ4n) is 1.57. The van der Waals surface area contributed by atoms with Gasteiger partial charge in [-0.25, -0.2) is 4.98 Å². The van der Waals surface area contributed by atoms with Gasteiger partial charge in [-0.1, -0.05) is 39.0 Å². The van der Waals surface area contributed by atoms with Crippen LogP contribution in [0.15, 0.2) is 42.6 Å². The summed E-state index contributed by atoms with van der Waals surface area (Å²) in [6.07, 6.45) is 1.84. The second-order valence-electron chi connectivity index (χ2n) is 5.27. The lowest BCUT2D eigenvalue weighted by Crippen LogP contribution is -2.11. The number of hydrogen-bond donors (Lipinski definition) is 1. The summed E-state index contributed by atoms with van der Waals surface area (Å²) in [6, 6.07) is 11.3. The van der Waals surface area contributed by atoms with E-state index in [9.17, 15) is 0 Å². The Labute approximate surface area is 108 Å². The Morgan fingerprint density at radius 1 is 1.06 bits per heavy atom. The highest BCUT2D eigenvalue weighted by molar-refractivity contribution is 5.53. The molecular weight excluding hydrogens is 224 g/mol. The molecule has 3 nitrogen and oxygen atoms in total. The minimum absolute atomic E-state index is 0.0945. The van der Waals surface area contributed by atoms with Crippen LogP contribution in [-0.2, 0) is 5.41 Å². The highest BCUT2D eigenvalue weighted by Gasteiger charge is 2.14. The molecular formula is C15H18N2O. The van der Waals surface area contributed by atoms with Crippen molar-refractivity contribution in [2.24, 2.45) is 0 Å². The lowest BCUT2D eigenvalue weighted by molar-refractivity contribution is 0.463. The zero-order chi connectivity index (χ0) is 13.2. The van der Waals surface area contributed by atoms with E-state index in [1.807, 2.05) is 36.5 Å². The van der Waals surface area contributed by atoms with Gasteiger partial charge in [0.15, 0.2) is 5.75 Å². The van der Waals surface area contributed by atoms with Crippen LogP contribution in [0.4, 0.5) is 5.69 Å². The molecule has 1 aromatic heterocycles. The number of aromatic nitrogens is 1. The van der Waals surface area contributed by atoms with Gasteiger partial charge < -0.3 is 10.5 Å². The fourth-order valence-corrected chi connectivity index (χ4v) is 1.57. The third kappa shape index (κ3) is 2.80. The first-order chi connectivity index (χ1) is 8.47. The molecule has 0 unspecified atom stereocenters. The SMILES string of the molecule is CC(C)(C)c1ccc(Oc2ccccc2N)nc1. The van der Waals surface area contributed by atoms with Crippen LogP contribution in [0.1, 0.15) is 26.3 Å². The van der Waals surface area contributed by atoms with Gasteiger partial charge in [0.05, 0.1) is 5.69 Å². The summed E-state index contributed by atoms with van der Waals surface area (Å²) in [6.45, 7) is 6.46. The van der Waals surface area contributed by atoms with E-state index in [-0.39, 0.29) is 5.41 Å². The number of hydrogen-bond acceptors (Lipinski definition) is 3. The number of nitrogens with two attached hydrogens (primary N) is 1. The molecule has 0 fully saturated rings. The number of rotatable bonds is 2. The maximum atomic E-state index is 5.81. The molecule has 0 bridgehead atoms. The average Bonchev–Trinajstić information content (AvgIpc) is 2.32. The van der Waals surface area contributed by atoms with Crippen LogP contribution in [0.5, 0.6) is 11.6 Å². The van der Waals surface area contributed by atoms with Crippen molar-refractivity contribution in [1.82, 2.24) is 4.98 Å². The maximum absolute atomic E-state index is 5.81. The number of benzene rings is 1. The molecule has 1 aromatic carbocycles. The zero-order valence-electron chi connectivity index (χ0n) is 11.0. The number of ether oxygens (including phenoxy) is 1. The number of nitrogens with zero attached hydrogens (tertiary/aromatic N) is 1. The van der Waals surface area contributed by atoms with E-state index in [2.05, 4.69) is 25.8 Å². The van der Waals surface area contributed by atoms with E-state index in [0.717, 1.165) is 0 Å². The Morgan fingerprint density at radius 2 is 1.78 bits per heavy atom. The third-order valence-corrected chi connectivity index (χ3v) is 2.74. The van der Waals surface area contributed by atoms with Crippen LogP contribution < -0.4 is 10.5 Å². The van der Waals surface area contributed by atoms with E-state index in [4.69, 9.17) is 10.5 Å². The lowest BCUT2D eigenvalue weighted by Gasteiger charge is -2.18. The van der Waals surface area contributed by atoms with E-state index in [1.54, 1.807) is 6.07 Å². The highest BCUT2D eigenvalue weighted by Crippen LogP contribution is 2.27. The monoisotopic (exact) mass is 242 g/mol. The molecule has 94 valence electrons. The summed E-state index contributed by atoms with van der Waals surface area (Å²) in [5.41, 5.74) is 7.70. The second kappa shape index (κ2) is 4.69. The standard InChI is InChI=1S/C15H18N2O/c1-15(2,3)11-8-9-14(17-10-11)18-13-7-5-4-6-12(13)16/h4-10H,16H2,1-3H3. The minimum atomic E-state index is 0.0945. The first kappa shape index (κ1) is 12.4. The van der Waals surface area contributed by atoms with Crippen molar-refractivity contribution in [2.75, 3.05) is 5.73 Å². The Morgan fingerprint density at radius 3 is 2.33 bits per heavy atom. The van der Waals surface area contributed by atoms with Crippen LogP contribution >= 0.6 is 0 Å². The van der Waals surface area contributed by atoms with Crippen molar-refractivity contribution in [3.63, 3.8) is 0 Å². The highest BCUT2D eigenvalue weighted by atomic mass is 16.5. The van der Waals surface area contributed by atoms with E-state index in [0.29, 0.717) is 17.3 Å². The largest absolute Gasteiger partial charge is 0.437 e. The summed E-state index contributed by atoms with van der Waals surface area (Å²) in [4.78, 5) is 4.30. The number of nitrogen functional groups attached to an aromatic ring is 1. The van der Waals surface area contributed by atoms with Crippen molar-refractivity contribution in [2.45, 2.75) is 26.2 Å². The van der Waals surface area contributed by atoms with Gasteiger partial charge in [0.2, 0.25) is 5.88 Å². The Bertz CT molecular complexity index is 527. The number of pyridine rings is 1. The second-order valence-corrected chi connectivity index (χ2v) is 5.27. The molecule has 0 aliphatic rings. The lowest BCUT2D eigenvalue weighted by atomic mass is 9.88. The molecule has 3 heteroatoms. The molecule has 0 saturated carbocycles. The van der Waals surface area contributed by atoms with Gasteiger partial charge in [-0.15, -0.1) is 0 Å². The predicted octanol–water partition coefficient (Wildman–Crippen LogP) is 3.75. The van der Waals surface area contributed by atoms with Gasteiger partial charge in [-0.2, -0.15) is 0 Å². The maximum Gasteiger partial charge on any atom is 0.219 e. The van der Waals surface area contributed by atoms with E-state index < -0.39 is 0 Å². The summed E-state index contributed by atoms with van der Waals surface area (Å²) in [5.74, 6) is 1.19. The van der Waals surface area contributed by atoms with Crippen LogP contribution in [-0.4, -0.2) is 4.98 Å². The van der Waals surface area contributed by atoms with Crippen molar-refractivity contribution in [3.8, 4) is 11.6 Å². The normalized spacial score (nSPS) is 11.3. The molecule has 0 radical (unpaired) electrons. The summed E-state index contributed by atoms with van der Waals surface area (Å²) in [7, 11) is 0. The van der Waals surface area contributed by atoms with E-state index in [1.165, 1.54) is 5.56 Å². The number of anilines is 1. The molecule has 0 amide bonds. The van der Waals surface area contributed by atoms with Gasteiger partial charge in [0.1, 0.15) is 0 Å². The van der Waals surface area contributed by atoms with Gasteiger partial charge in [-0.05, 0) is 23.1 Å². The summed E-state index contributed by atoms with van der Waals surface area (Å²) in [5, 5.41) is 0. The molecule has 2 aromatic rings. The molecule has 2 N–H and O–H groups in total. The minimum Gasteiger partial charge on any atom is -0.437 e. The first-order valence-corrected chi connectivity index (χ1v) is 5.96. The smallest absolute Gasteiger partial charge is 0.219 e. The fraction of sp³-hybridized carbons (Fsp3) is 0.267.